The van der Waals surface area contributed by atoms with E-state index >= 15 is 0 Å². The van der Waals surface area contributed by atoms with E-state index in [4.69, 9.17) is 10.5 Å². The van der Waals surface area contributed by atoms with Crippen molar-refractivity contribution in [3.05, 3.63) is 24.3 Å². The summed E-state index contributed by atoms with van der Waals surface area (Å²) in [6.07, 6.45) is 0.659. The number of ether oxygens (including phenoxy) is 1. The van der Waals surface area contributed by atoms with Crippen LogP contribution >= 0.6 is 11.8 Å². The zero-order chi connectivity index (χ0) is 12.9. The Morgan fingerprint density at radius 1 is 1.47 bits per heavy atom. The second-order valence-electron chi connectivity index (χ2n) is 4.48. The molecule has 1 aromatic rings. The predicted molar refractivity (Wildman–Crippen MR) is 72.6 cm³/mol. The highest BCUT2D eigenvalue weighted by molar-refractivity contribution is 8.00. The summed E-state index contributed by atoms with van der Waals surface area (Å²) >= 11 is 1.70. The molecule has 0 amide bonds. The average Bonchev–Trinajstić information content (AvgIpc) is 2.29. The number of thioether (sulfide) groups is 1. The van der Waals surface area contributed by atoms with Crippen molar-refractivity contribution < 1.29 is 9.84 Å². The van der Waals surface area contributed by atoms with Gasteiger partial charge in [-0.15, -0.1) is 11.8 Å². The van der Waals surface area contributed by atoms with Gasteiger partial charge in [0, 0.05) is 16.7 Å². The van der Waals surface area contributed by atoms with Gasteiger partial charge < -0.3 is 15.6 Å². The number of methoxy groups -OCH3 is 1. The molecule has 0 bridgehead atoms. The maximum atomic E-state index is 9.93. The lowest BCUT2D eigenvalue weighted by Crippen LogP contribution is -2.36. The van der Waals surface area contributed by atoms with E-state index in [1.165, 1.54) is 0 Å². The summed E-state index contributed by atoms with van der Waals surface area (Å²) in [6.45, 7) is 4.14. The average molecular weight is 255 g/mol. The second-order valence-corrected chi connectivity index (χ2v) is 5.96. The molecule has 2 atom stereocenters. The molecule has 17 heavy (non-hydrogen) atoms. The summed E-state index contributed by atoms with van der Waals surface area (Å²) in [5.41, 5.74) is 4.72. The number of benzene rings is 1. The summed E-state index contributed by atoms with van der Waals surface area (Å²) in [6, 6.07) is 7.90. The van der Waals surface area contributed by atoms with Crippen molar-refractivity contribution >= 4 is 11.8 Å². The fraction of sp³-hybridized carbons (Fsp3) is 0.538. The first-order chi connectivity index (χ1) is 7.98. The lowest BCUT2D eigenvalue weighted by Gasteiger charge is -2.25. The smallest absolute Gasteiger partial charge is 0.132 e. The third-order valence-corrected chi connectivity index (χ3v) is 3.72. The highest BCUT2D eigenvalue weighted by Gasteiger charge is 2.22. The Morgan fingerprint density at radius 3 is 2.71 bits per heavy atom. The van der Waals surface area contributed by atoms with Crippen molar-refractivity contribution in [1.29, 1.82) is 0 Å². The molecule has 0 fully saturated rings. The minimum Gasteiger partial charge on any atom is -0.496 e. The number of hydrogen-bond donors (Lipinski definition) is 2. The first kappa shape index (κ1) is 14.4. The topological polar surface area (TPSA) is 55.5 Å². The van der Waals surface area contributed by atoms with Crippen molar-refractivity contribution in [2.45, 2.75) is 36.0 Å². The van der Waals surface area contributed by atoms with Crippen LogP contribution in [0.25, 0.3) is 0 Å². The van der Waals surface area contributed by atoms with Gasteiger partial charge in [0.15, 0.2) is 0 Å². The fourth-order valence-corrected chi connectivity index (χ4v) is 2.98. The van der Waals surface area contributed by atoms with Gasteiger partial charge in [-0.25, -0.2) is 0 Å². The van der Waals surface area contributed by atoms with Gasteiger partial charge in [-0.2, -0.15) is 0 Å². The molecule has 0 saturated heterocycles. The van der Waals surface area contributed by atoms with E-state index in [0.29, 0.717) is 6.42 Å². The molecule has 1 aromatic carbocycles. The zero-order valence-electron chi connectivity index (χ0n) is 10.6. The summed E-state index contributed by atoms with van der Waals surface area (Å²) in [5, 5.41) is 10.2. The molecule has 3 nitrogen and oxygen atoms in total. The van der Waals surface area contributed by atoms with Gasteiger partial charge >= 0.3 is 0 Å². The standard InChI is InChI=1S/C13H21NO2S/c1-10(8-13(2,15)9-14)17-12-7-5-4-6-11(12)16-3/h4-7,10,15H,8-9,14H2,1-3H3. The van der Waals surface area contributed by atoms with Crippen LogP contribution in [0, 0.1) is 0 Å². The van der Waals surface area contributed by atoms with Gasteiger partial charge in [0.25, 0.3) is 0 Å². The van der Waals surface area contributed by atoms with E-state index in [1.54, 1.807) is 25.8 Å². The monoisotopic (exact) mass is 255 g/mol. The lowest BCUT2D eigenvalue weighted by atomic mass is 10.0. The summed E-state index contributed by atoms with van der Waals surface area (Å²) in [5.74, 6) is 0.872. The molecule has 0 radical (unpaired) electrons. The number of hydrogen-bond acceptors (Lipinski definition) is 4. The minimum absolute atomic E-state index is 0.282. The van der Waals surface area contributed by atoms with Gasteiger partial charge in [0.05, 0.1) is 12.7 Å². The third kappa shape index (κ3) is 4.58. The Morgan fingerprint density at radius 2 is 2.12 bits per heavy atom. The van der Waals surface area contributed by atoms with Crippen molar-refractivity contribution in [1.82, 2.24) is 0 Å². The van der Waals surface area contributed by atoms with E-state index in [1.807, 2.05) is 24.3 Å². The molecule has 0 aromatic heterocycles. The van der Waals surface area contributed by atoms with Crippen LogP contribution in [0.3, 0.4) is 0 Å². The van der Waals surface area contributed by atoms with E-state index in [0.717, 1.165) is 10.6 Å². The quantitative estimate of drug-likeness (QED) is 0.766. The molecule has 96 valence electrons. The maximum absolute atomic E-state index is 9.93. The van der Waals surface area contributed by atoms with E-state index in [2.05, 4.69) is 6.92 Å². The largest absolute Gasteiger partial charge is 0.496 e. The molecule has 1 rings (SSSR count). The van der Waals surface area contributed by atoms with Crippen molar-refractivity contribution in [2.24, 2.45) is 5.73 Å². The van der Waals surface area contributed by atoms with E-state index in [-0.39, 0.29) is 11.8 Å². The molecule has 0 spiro atoms. The van der Waals surface area contributed by atoms with Gasteiger partial charge in [-0.1, -0.05) is 19.1 Å². The highest BCUT2D eigenvalue weighted by Crippen LogP contribution is 2.34. The van der Waals surface area contributed by atoms with E-state index < -0.39 is 5.60 Å². The number of aliphatic hydroxyl groups is 1. The lowest BCUT2D eigenvalue weighted by molar-refractivity contribution is 0.0608. The van der Waals surface area contributed by atoms with Crippen LogP contribution in [0.4, 0.5) is 0 Å². The maximum Gasteiger partial charge on any atom is 0.132 e. The molecule has 0 aliphatic heterocycles. The van der Waals surface area contributed by atoms with Gasteiger partial charge in [-0.3, -0.25) is 0 Å². The molecule has 0 aliphatic rings. The van der Waals surface area contributed by atoms with Gasteiger partial charge in [0.2, 0.25) is 0 Å². The second kappa shape index (κ2) is 6.28. The molecular formula is C13H21NO2S. The molecule has 0 heterocycles. The van der Waals surface area contributed by atoms with Crippen molar-refractivity contribution in [2.75, 3.05) is 13.7 Å². The van der Waals surface area contributed by atoms with E-state index in [9.17, 15) is 5.11 Å². The predicted octanol–water partition coefficient (Wildman–Crippen LogP) is 2.28. The minimum atomic E-state index is -0.797. The Balaban J connectivity index is 2.65. The van der Waals surface area contributed by atoms with Crippen LogP contribution in [-0.4, -0.2) is 29.6 Å². The Hall–Kier alpha value is -0.710. The summed E-state index contributed by atoms with van der Waals surface area (Å²) in [4.78, 5) is 1.09. The van der Waals surface area contributed by atoms with Crippen LogP contribution in [0.15, 0.2) is 29.2 Å². The SMILES string of the molecule is COc1ccccc1SC(C)CC(C)(O)CN. The number of rotatable bonds is 6. The van der Waals surface area contributed by atoms with Gasteiger partial charge in [0.1, 0.15) is 5.75 Å². The van der Waals surface area contributed by atoms with Crippen LogP contribution in [0.1, 0.15) is 20.3 Å². The van der Waals surface area contributed by atoms with Crippen LogP contribution < -0.4 is 10.5 Å². The fourth-order valence-electron chi connectivity index (χ4n) is 1.68. The molecule has 0 aliphatic carbocycles. The third-order valence-electron chi connectivity index (χ3n) is 2.56. The first-order valence-electron chi connectivity index (χ1n) is 5.70. The summed E-state index contributed by atoms with van der Waals surface area (Å²) < 4.78 is 5.29. The Bertz CT molecular complexity index is 355. The van der Waals surface area contributed by atoms with Gasteiger partial charge in [-0.05, 0) is 25.5 Å². The molecular weight excluding hydrogens is 234 g/mol. The molecule has 3 N–H and O–H groups in total. The molecule has 4 heteroatoms. The van der Waals surface area contributed by atoms with Crippen LogP contribution in [0.2, 0.25) is 0 Å². The number of para-hydroxylation sites is 1. The Kier molecular flexibility index (Phi) is 5.31. The van der Waals surface area contributed by atoms with Crippen molar-refractivity contribution in [3.8, 4) is 5.75 Å². The Labute approximate surface area is 107 Å². The summed E-state index contributed by atoms with van der Waals surface area (Å²) in [7, 11) is 1.67. The molecule has 0 saturated carbocycles. The van der Waals surface area contributed by atoms with Crippen LogP contribution in [-0.2, 0) is 0 Å². The zero-order valence-corrected chi connectivity index (χ0v) is 11.5. The van der Waals surface area contributed by atoms with Crippen LogP contribution in [0.5, 0.6) is 5.75 Å². The first-order valence-corrected chi connectivity index (χ1v) is 6.58. The number of nitrogens with two attached hydrogens (primary N) is 1. The molecule has 2 unspecified atom stereocenters. The normalized spacial score (nSPS) is 16.3. The highest BCUT2D eigenvalue weighted by atomic mass is 32.2. The van der Waals surface area contributed by atoms with Crippen molar-refractivity contribution in [3.63, 3.8) is 0 Å².